The van der Waals surface area contributed by atoms with E-state index in [0.717, 1.165) is 49.4 Å². The Balaban J connectivity index is 1.83. The lowest BCUT2D eigenvalue weighted by atomic mass is 9.90. The number of nitrogens with zero attached hydrogens (tertiary/aromatic N) is 2. The first-order chi connectivity index (χ1) is 14.0. The smallest absolute Gasteiger partial charge is 0.150 e. The summed E-state index contributed by atoms with van der Waals surface area (Å²) in [6, 6.07) is 15.8. The Bertz CT molecular complexity index is 826. The van der Waals surface area contributed by atoms with Crippen LogP contribution in [0.4, 0.5) is 0 Å². The second-order valence-electron chi connectivity index (χ2n) is 7.46. The van der Waals surface area contributed by atoms with Gasteiger partial charge in [-0.3, -0.25) is 9.69 Å². The second-order valence-corrected chi connectivity index (χ2v) is 8.34. The predicted octanol–water partition coefficient (Wildman–Crippen LogP) is 4.25. The van der Waals surface area contributed by atoms with E-state index < -0.39 is 0 Å². The van der Waals surface area contributed by atoms with Gasteiger partial charge in [-0.2, -0.15) is 0 Å². The van der Waals surface area contributed by atoms with Crippen LogP contribution in [0.15, 0.2) is 58.6 Å². The van der Waals surface area contributed by atoms with E-state index in [2.05, 4.69) is 54.4 Å². The van der Waals surface area contributed by atoms with Crippen molar-refractivity contribution in [2.24, 2.45) is 5.16 Å². The van der Waals surface area contributed by atoms with Gasteiger partial charge in [0.25, 0.3) is 0 Å². The number of oxime groups is 1. The number of aldehydes is 1. The highest BCUT2D eigenvalue weighted by atomic mass is 32.2. The standard InChI is InChI=1S/C23H28N2O3S/c1-23(2,25-12-14-27-15-13-25)22(20-8-10-21(29-3)11-9-20)24-28-17-19-6-4-18(16-26)5-7-19/h4-11,16H,12-15,17H2,1-3H3/b24-22+. The maximum Gasteiger partial charge on any atom is 0.150 e. The molecule has 0 bridgehead atoms. The van der Waals surface area contributed by atoms with E-state index in [4.69, 9.17) is 9.57 Å². The zero-order valence-corrected chi connectivity index (χ0v) is 18.1. The molecule has 0 spiro atoms. The van der Waals surface area contributed by atoms with Gasteiger partial charge < -0.3 is 9.57 Å². The fourth-order valence-electron chi connectivity index (χ4n) is 3.40. The normalized spacial score (nSPS) is 15.9. The summed E-state index contributed by atoms with van der Waals surface area (Å²) in [6.45, 7) is 7.90. The first-order valence-corrected chi connectivity index (χ1v) is 11.0. The van der Waals surface area contributed by atoms with E-state index >= 15 is 0 Å². The molecule has 1 heterocycles. The van der Waals surface area contributed by atoms with E-state index in [0.29, 0.717) is 12.2 Å². The van der Waals surface area contributed by atoms with E-state index in [1.165, 1.54) is 4.90 Å². The Labute approximate surface area is 177 Å². The van der Waals surface area contributed by atoms with Crippen LogP contribution < -0.4 is 0 Å². The topological polar surface area (TPSA) is 51.1 Å². The Kier molecular flexibility index (Phi) is 7.47. The summed E-state index contributed by atoms with van der Waals surface area (Å²) in [5, 5.41) is 4.59. The molecule has 0 unspecified atom stereocenters. The van der Waals surface area contributed by atoms with Gasteiger partial charge in [-0.25, -0.2) is 0 Å². The number of hydrogen-bond acceptors (Lipinski definition) is 6. The SMILES string of the molecule is CSc1ccc(/C(=N\OCc2ccc(C=O)cc2)C(C)(C)N2CCOCC2)cc1. The molecule has 29 heavy (non-hydrogen) atoms. The summed E-state index contributed by atoms with van der Waals surface area (Å²) in [7, 11) is 0. The summed E-state index contributed by atoms with van der Waals surface area (Å²) >= 11 is 1.72. The average Bonchev–Trinajstić information content (AvgIpc) is 2.78. The average molecular weight is 413 g/mol. The number of rotatable bonds is 8. The summed E-state index contributed by atoms with van der Waals surface area (Å²) in [5.74, 6) is 0. The molecule has 1 fully saturated rings. The van der Waals surface area contributed by atoms with Gasteiger partial charge in [-0.15, -0.1) is 11.8 Å². The van der Waals surface area contributed by atoms with Crippen molar-refractivity contribution in [2.75, 3.05) is 32.6 Å². The fourth-order valence-corrected chi connectivity index (χ4v) is 3.81. The van der Waals surface area contributed by atoms with Crippen LogP contribution in [0.2, 0.25) is 0 Å². The van der Waals surface area contributed by atoms with Crippen LogP contribution >= 0.6 is 11.8 Å². The number of hydrogen-bond donors (Lipinski definition) is 0. The number of benzene rings is 2. The highest BCUT2D eigenvalue weighted by Gasteiger charge is 2.35. The molecule has 0 aromatic heterocycles. The molecule has 0 atom stereocenters. The lowest BCUT2D eigenvalue weighted by molar-refractivity contribution is 0.00862. The third-order valence-corrected chi connectivity index (χ3v) is 5.99. The van der Waals surface area contributed by atoms with E-state index in [1.807, 2.05) is 12.1 Å². The third-order valence-electron chi connectivity index (χ3n) is 5.25. The zero-order chi connectivity index (χ0) is 20.7. The first-order valence-electron chi connectivity index (χ1n) is 9.76. The number of morpholine rings is 1. The minimum Gasteiger partial charge on any atom is -0.391 e. The summed E-state index contributed by atoms with van der Waals surface area (Å²) < 4.78 is 5.53. The maximum atomic E-state index is 10.8. The summed E-state index contributed by atoms with van der Waals surface area (Å²) in [6.07, 6.45) is 2.91. The van der Waals surface area contributed by atoms with Gasteiger partial charge >= 0.3 is 0 Å². The molecule has 3 rings (SSSR count). The predicted molar refractivity (Wildman–Crippen MR) is 118 cm³/mol. The quantitative estimate of drug-likeness (QED) is 0.281. The Hall–Kier alpha value is -2.15. The van der Waals surface area contributed by atoms with Crippen molar-refractivity contribution in [2.45, 2.75) is 30.9 Å². The van der Waals surface area contributed by atoms with Crippen LogP contribution in [0.5, 0.6) is 0 Å². The van der Waals surface area contributed by atoms with Gasteiger partial charge in [-0.1, -0.05) is 41.6 Å². The van der Waals surface area contributed by atoms with Crippen molar-refractivity contribution in [3.8, 4) is 0 Å². The van der Waals surface area contributed by atoms with E-state index in [-0.39, 0.29) is 5.54 Å². The Morgan fingerprint density at radius 1 is 1.14 bits per heavy atom. The molecule has 0 radical (unpaired) electrons. The van der Waals surface area contributed by atoms with Crippen LogP contribution in [0.1, 0.15) is 35.3 Å². The molecule has 154 valence electrons. The molecule has 0 N–H and O–H groups in total. The maximum absolute atomic E-state index is 10.8. The Morgan fingerprint density at radius 3 is 2.38 bits per heavy atom. The zero-order valence-electron chi connectivity index (χ0n) is 17.3. The highest BCUT2D eigenvalue weighted by molar-refractivity contribution is 7.98. The lowest BCUT2D eigenvalue weighted by Gasteiger charge is -2.41. The summed E-state index contributed by atoms with van der Waals surface area (Å²) in [5.41, 5.74) is 3.28. The number of carbonyl (C=O) groups is 1. The Morgan fingerprint density at radius 2 is 1.79 bits per heavy atom. The minimum atomic E-state index is -0.300. The van der Waals surface area contributed by atoms with Crippen molar-refractivity contribution in [3.05, 3.63) is 65.2 Å². The third kappa shape index (κ3) is 5.47. The number of ether oxygens (including phenoxy) is 1. The van der Waals surface area contributed by atoms with E-state index in [1.54, 1.807) is 23.9 Å². The molecule has 1 aliphatic heterocycles. The molecular weight excluding hydrogens is 384 g/mol. The van der Waals surface area contributed by atoms with Gasteiger partial charge in [0.1, 0.15) is 18.6 Å². The molecule has 0 aliphatic carbocycles. The molecule has 0 amide bonds. The molecular formula is C23H28N2O3S. The van der Waals surface area contributed by atoms with Crippen LogP contribution in [-0.2, 0) is 16.2 Å². The largest absolute Gasteiger partial charge is 0.391 e. The first kappa shape index (κ1) is 21.6. The van der Waals surface area contributed by atoms with Gasteiger partial charge in [0.2, 0.25) is 0 Å². The van der Waals surface area contributed by atoms with Gasteiger partial charge in [0.05, 0.1) is 18.8 Å². The molecule has 6 heteroatoms. The minimum absolute atomic E-state index is 0.300. The van der Waals surface area contributed by atoms with Crippen molar-refractivity contribution >= 4 is 23.8 Å². The van der Waals surface area contributed by atoms with Crippen LogP contribution in [0.25, 0.3) is 0 Å². The van der Waals surface area contributed by atoms with Crippen molar-refractivity contribution in [1.82, 2.24) is 4.90 Å². The highest BCUT2D eigenvalue weighted by Crippen LogP contribution is 2.25. The number of carbonyl (C=O) groups excluding carboxylic acids is 1. The molecule has 5 nitrogen and oxygen atoms in total. The van der Waals surface area contributed by atoms with Gasteiger partial charge in [-0.05, 0) is 37.8 Å². The molecule has 2 aromatic rings. The van der Waals surface area contributed by atoms with Crippen molar-refractivity contribution in [1.29, 1.82) is 0 Å². The van der Waals surface area contributed by atoms with Gasteiger partial charge in [0.15, 0.2) is 0 Å². The lowest BCUT2D eigenvalue weighted by Crippen LogP contribution is -2.54. The molecule has 2 aromatic carbocycles. The second kappa shape index (κ2) is 10.1. The van der Waals surface area contributed by atoms with Crippen LogP contribution in [0.3, 0.4) is 0 Å². The molecule has 1 saturated heterocycles. The van der Waals surface area contributed by atoms with Crippen LogP contribution in [-0.4, -0.2) is 55.0 Å². The molecule has 0 saturated carbocycles. The van der Waals surface area contributed by atoms with Crippen molar-refractivity contribution in [3.63, 3.8) is 0 Å². The summed E-state index contributed by atoms with van der Waals surface area (Å²) in [4.78, 5) is 20.2. The van der Waals surface area contributed by atoms with Crippen LogP contribution in [0, 0.1) is 0 Å². The number of thioether (sulfide) groups is 1. The monoisotopic (exact) mass is 412 g/mol. The fraction of sp³-hybridized carbons (Fsp3) is 0.391. The van der Waals surface area contributed by atoms with Crippen molar-refractivity contribution < 1.29 is 14.4 Å². The molecule has 1 aliphatic rings. The van der Waals surface area contributed by atoms with Gasteiger partial charge in [0, 0.05) is 29.1 Å². The van der Waals surface area contributed by atoms with E-state index in [9.17, 15) is 4.79 Å².